The van der Waals surface area contributed by atoms with E-state index in [1.54, 1.807) is 0 Å². The van der Waals surface area contributed by atoms with Gasteiger partial charge in [-0.2, -0.15) is 11.8 Å². The molecule has 0 heterocycles. The number of aliphatic imine (C=N–C) groups is 1. The monoisotopic (exact) mass is 293 g/mol. The van der Waals surface area contributed by atoms with Crippen LogP contribution in [0.2, 0.25) is 0 Å². The van der Waals surface area contributed by atoms with Crippen LogP contribution in [-0.4, -0.2) is 38.1 Å². The third-order valence-electron chi connectivity index (χ3n) is 3.39. The summed E-state index contributed by atoms with van der Waals surface area (Å²) in [5.41, 5.74) is 2.79. The summed E-state index contributed by atoms with van der Waals surface area (Å²) in [5, 5.41) is 6.75. The van der Waals surface area contributed by atoms with E-state index in [9.17, 15) is 0 Å². The number of aryl methyl sites for hydroxylation is 1. The van der Waals surface area contributed by atoms with E-state index in [-0.39, 0.29) is 5.41 Å². The molecule has 0 fully saturated rings. The molecule has 0 spiro atoms. The van der Waals surface area contributed by atoms with E-state index in [0.717, 1.165) is 24.8 Å². The Morgan fingerprint density at radius 3 is 2.55 bits per heavy atom. The number of nitrogens with zero attached hydrogens (tertiary/aromatic N) is 1. The fourth-order valence-electron chi connectivity index (χ4n) is 2.22. The van der Waals surface area contributed by atoms with Crippen molar-refractivity contribution in [3.63, 3.8) is 0 Å². The zero-order chi connectivity index (χ0) is 15.0. The Hall–Kier alpha value is -1.16. The van der Waals surface area contributed by atoms with Gasteiger partial charge in [-0.1, -0.05) is 38.1 Å². The van der Waals surface area contributed by atoms with Gasteiger partial charge in [0.25, 0.3) is 0 Å². The highest BCUT2D eigenvalue weighted by Gasteiger charge is 2.22. The lowest BCUT2D eigenvalue weighted by Crippen LogP contribution is -2.44. The summed E-state index contributed by atoms with van der Waals surface area (Å²) in [6.45, 7) is 8.49. The van der Waals surface area contributed by atoms with Crippen LogP contribution < -0.4 is 10.6 Å². The summed E-state index contributed by atoms with van der Waals surface area (Å²) in [7, 11) is 1.81. The second kappa shape index (κ2) is 8.20. The molecule has 1 rings (SSSR count). The highest BCUT2D eigenvalue weighted by atomic mass is 32.2. The number of benzene rings is 1. The van der Waals surface area contributed by atoms with E-state index in [4.69, 9.17) is 0 Å². The van der Waals surface area contributed by atoms with E-state index in [1.165, 1.54) is 11.1 Å². The summed E-state index contributed by atoms with van der Waals surface area (Å²) < 4.78 is 0. The Balaban J connectivity index is 2.60. The minimum Gasteiger partial charge on any atom is -0.356 e. The van der Waals surface area contributed by atoms with Gasteiger partial charge in [0.1, 0.15) is 0 Å². The summed E-state index contributed by atoms with van der Waals surface area (Å²) in [4.78, 5) is 4.26. The van der Waals surface area contributed by atoms with Crippen LogP contribution in [0.4, 0.5) is 0 Å². The van der Waals surface area contributed by atoms with Crippen molar-refractivity contribution in [2.75, 3.05) is 32.1 Å². The molecule has 4 heteroatoms. The van der Waals surface area contributed by atoms with Crippen molar-refractivity contribution >= 4 is 17.7 Å². The van der Waals surface area contributed by atoms with E-state index < -0.39 is 0 Å². The van der Waals surface area contributed by atoms with Crippen LogP contribution in [0.1, 0.15) is 25.0 Å². The molecule has 1 aromatic carbocycles. The standard InChI is InChI=1S/C16H27N3S/c1-13-8-6-7-9-14(13)16(2,3)12-19-15(17-4)18-10-11-20-5/h6-9H,10-12H2,1-5H3,(H2,17,18,19). The molecule has 0 atom stereocenters. The first-order chi connectivity index (χ1) is 9.51. The zero-order valence-corrected chi connectivity index (χ0v) is 14.1. The number of nitrogens with one attached hydrogen (secondary N) is 2. The van der Waals surface area contributed by atoms with Gasteiger partial charge in [-0.3, -0.25) is 4.99 Å². The number of guanidine groups is 1. The molecular weight excluding hydrogens is 266 g/mol. The summed E-state index contributed by atoms with van der Waals surface area (Å²) in [6, 6.07) is 8.57. The lowest BCUT2D eigenvalue weighted by molar-refractivity contribution is 0.506. The number of rotatable bonds is 6. The second-order valence-corrected chi connectivity index (χ2v) is 6.53. The van der Waals surface area contributed by atoms with E-state index in [2.05, 4.69) is 66.9 Å². The molecule has 0 bridgehead atoms. The summed E-state index contributed by atoms with van der Waals surface area (Å²) in [5.74, 6) is 1.96. The molecule has 0 aliphatic carbocycles. The van der Waals surface area contributed by atoms with Gasteiger partial charge in [0.05, 0.1) is 0 Å². The summed E-state index contributed by atoms with van der Waals surface area (Å²) in [6.07, 6.45) is 2.11. The lowest BCUT2D eigenvalue weighted by atomic mass is 9.82. The van der Waals surface area contributed by atoms with E-state index in [1.807, 2.05) is 18.8 Å². The van der Waals surface area contributed by atoms with Crippen molar-refractivity contribution in [1.29, 1.82) is 0 Å². The molecule has 0 saturated carbocycles. The van der Waals surface area contributed by atoms with Crippen molar-refractivity contribution in [2.45, 2.75) is 26.2 Å². The predicted octanol–water partition coefficient (Wildman–Crippen LogP) is 2.80. The van der Waals surface area contributed by atoms with Gasteiger partial charge in [-0.25, -0.2) is 0 Å². The molecule has 0 aliphatic rings. The number of thioether (sulfide) groups is 1. The van der Waals surface area contributed by atoms with Crippen LogP contribution in [0.3, 0.4) is 0 Å². The maximum atomic E-state index is 4.26. The molecule has 0 aliphatic heterocycles. The molecule has 0 unspecified atom stereocenters. The van der Waals surface area contributed by atoms with Crippen molar-refractivity contribution < 1.29 is 0 Å². The topological polar surface area (TPSA) is 36.4 Å². The molecule has 0 amide bonds. The van der Waals surface area contributed by atoms with E-state index >= 15 is 0 Å². The van der Waals surface area contributed by atoms with Crippen molar-refractivity contribution in [3.8, 4) is 0 Å². The van der Waals surface area contributed by atoms with Gasteiger partial charge in [0.2, 0.25) is 0 Å². The van der Waals surface area contributed by atoms with Gasteiger partial charge in [-0.05, 0) is 24.3 Å². The molecular formula is C16H27N3S. The highest BCUT2D eigenvalue weighted by Crippen LogP contribution is 2.25. The smallest absolute Gasteiger partial charge is 0.191 e. The molecule has 112 valence electrons. The van der Waals surface area contributed by atoms with Crippen molar-refractivity contribution in [2.24, 2.45) is 4.99 Å². The van der Waals surface area contributed by atoms with Crippen molar-refractivity contribution in [1.82, 2.24) is 10.6 Å². The molecule has 20 heavy (non-hydrogen) atoms. The fraction of sp³-hybridized carbons (Fsp3) is 0.562. The number of hydrogen-bond donors (Lipinski definition) is 2. The van der Waals surface area contributed by atoms with Gasteiger partial charge >= 0.3 is 0 Å². The molecule has 0 radical (unpaired) electrons. The first kappa shape index (κ1) is 16.9. The third kappa shape index (κ3) is 5.08. The molecule has 3 nitrogen and oxygen atoms in total. The van der Waals surface area contributed by atoms with Crippen molar-refractivity contribution in [3.05, 3.63) is 35.4 Å². The normalized spacial score (nSPS) is 12.3. The Labute approximate surface area is 127 Å². The van der Waals surface area contributed by atoms with Crippen LogP contribution in [0, 0.1) is 6.92 Å². The van der Waals surface area contributed by atoms with Gasteiger partial charge < -0.3 is 10.6 Å². The summed E-state index contributed by atoms with van der Waals surface area (Å²) >= 11 is 1.83. The Kier molecular flexibility index (Phi) is 6.93. The molecule has 2 N–H and O–H groups in total. The average molecular weight is 293 g/mol. The Morgan fingerprint density at radius 2 is 1.95 bits per heavy atom. The minimum atomic E-state index is 0.0719. The highest BCUT2D eigenvalue weighted by molar-refractivity contribution is 7.98. The molecule has 0 aromatic heterocycles. The Morgan fingerprint density at radius 1 is 1.25 bits per heavy atom. The van der Waals surface area contributed by atoms with Crippen LogP contribution in [0.5, 0.6) is 0 Å². The molecule has 0 saturated heterocycles. The van der Waals surface area contributed by atoms with E-state index in [0.29, 0.717) is 0 Å². The number of hydrogen-bond acceptors (Lipinski definition) is 2. The SMILES string of the molecule is CN=C(NCCSC)NCC(C)(C)c1ccccc1C. The lowest BCUT2D eigenvalue weighted by Gasteiger charge is -2.28. The third-order valence-corrected chi connectivity index (χ3v) is 4.01. The van der Waals surface area contributed by atoms with Crippen LogP contribution in [0.15, 0.2) is 29.3 Å². The van der Waals surface area contributed by atoms with Crippen LogP contribution in [0.25, 0.3) is 0 Å². The predicted molar refractivity (Wildman–Crippen MR) is 92.0 cm³/mol. The largest absolute Gasteiger partial charge is 0.356 e. The maximum absolute atomic E-state index is 4.26. The first-order valence-electron chi connectivity index (χ1n) is 7.01. The minimum absolute atomic E-state index is 0.0719. The average Bonchev–Trinajstić information content (AvgIpc) is 2.43. The maximum Gasteiger partial charge on any atom is 0.191 e. The zero-order valence-electron chi connectivity index (χ0n) is 13.3. The van der Waals surface area contributed by atoms with Gasteiger partial charge in [0, 0.05) is 31.3 Å². The Bertz CT molecular complexity index is 441. The first-order valence-corrected chi connectivity index (χ1v) is 8.40. The van der Waals surface area contributed by atoms with Crippen LogP contribution in [-0.2, 0) is 5.41 Å². The molecule has 1 aromatic rings. The van der Waals surface area contributed by atoms with Gasteiger partial charge in [0.15, 0.2) is 5.96 Å². The van der Waals surface area contributed by atoms with Gasteiger partial charge in [-0.15, -0.1) is 0 Å². The second-order valence-electron chi connectivity index (χ2n) is 5.54. The van der Waals surface area contributed by atoms with Crippen LogP contribution >= 0.6 is 11.8 Å². The quantitative estimate of drug-likeness (QED) is 0.481. The fourth-order valence-corrected chi connectivity index (χ4v) is 2.53.